The van der Waals surface area contributed by atoms with Gasteiger partial charge in [-0.05, 0) is 36.6 Å². The molecule has 0 amide bonds. The van der Waals surface area contributed by atoms with E-state index in [1.54, 1.807) is 6.07 Å². The summed E-state index contributed by atoms with van der Waals surface area (Å²) in [6, 6.07) is 4.41. The summed E-state index contributed by atoms with van der Waals surface area (Å²) >= 11 is 0. The standard InChI is InChI=1S/C15H20FNO2/c1-11(2)8-9-17(3)14-6-5-13(16)10-12(14)4-7-15(18)19/h4-7,10-11H,8-9H2,1-3H3,(H,18,19). The van der Waals surface area contributed by atoms with E-state index in [-0.39, 0.29) is 5.82 Å². The van der Waals surface area contributed by atoms with Crippen molar-refractivity contribution in [1.29, 1.82) is 0 Å². The Morgan fingerprint density at radius 2 is 2.16 bits per heavy atom. The first-order chi connectivity index (χ1) is 8.90. The summed E-state index contributed by atoms with van der Waals surface area (Å²) in [5.74, 6) is -0.827. The molecule has 0 aliphatic rings. The largest absolute Gasteiger partial charge is 0.478 e. The van der Waals surface area contributed by atoms with E-state index in [1.165, 1.54) is 18.2 Å². The Hall–Kier alpha value is -1.84. The fourth-order valence-electron chi connectivity index (χ4n) is 1.74. The van der Waals surface area contributed by atoms with Gasteiger partial charge < -0.3 is 10.0 Å². The molecule has 3 nitrogen and oxygen atoms in total. The molecule has 0 fully saturated rings. The fraction of sp³-hybridized carbons (Fsp3) is 0.400. The van der Waals surface area contributed by atoms with E-state index in [9.17, 15) is 9.18 Å². The molecular formula is C15H20FNO2. The van der Waals surface area contributed by atoms with E-state index in [2.05, 4.69) is 13.8 Å². The minimum absolute atomic E-state index is 0.369. The average Bonchev–Trinajstić information content (AvgIpc) is 2.33. The number of hydrogen-bond donors (Lipinski definition) is 1. The van der Waals surface area contributed by atoms with Crippen LogP contribution < -0.4 is 4.90 Å². The van der Waals surface area contributed by atoms with Gasteiger partial charge in [0.05, 0.1) is 0 Å². The Labute approximate surface area is 113 Å². The Balaban J connectivity index is 2.95. The molecule has 0 aliphatic carbocycles. The lowest BCUT2D eigenvalue weighted by Gasteiger charge is -2.22. The van der Waals surface area contributed by atoms with Crippen molar-refractivity contribution in [2.75, 3.05) is 18.5 Å². The Bertz CT molecular complexity index is 469. The molecule has 19 heavy (non-hydrogen) atoms. The second-order valence-corrected chi connectivity index (χ2v) is 4.98. The van der Waals surface area contributed by atoms with E-state index in [4.69, 9.17) is 5.11 Å². The van der Waals surface area contributed by atoms with Crippen molar-refractivity contribution in [2.45, 2.75) is 20.3 Å². The maximum Gasteiger partial charge on any atom is 0.328 e. The topological polar surface area (TPSA) is 40.5 Å². The van der Waals surface area contributed by atoms with E-state index < -0.39 is 5.97 Å². The molecule has 0 radical (unpaired) electrons. The zero-order valence-corrected chi connectivity index (χ0v) is 11.6. The molecule has 0 saturated heterocycles. The summed E-state index contributed by atoms with van der Waals surface area (Å²) in [7, 11) is 1.92. The molecule has 104 valence electrons. The van der Waals surface area contributed by atoms with Gasteiger partial charge in [-0.2, -0.15) is 0 Å². The average molecular weight is 265 g/mol. The second kappa shape index (κ2) is 6.92. The van der Waals surface area contributed by atoms with Gasteiger partial charge in [0.2, 0.25) is 0 Å². The van der Waals surface area contributed by atoms with Gasteiger partial charge in [0.25, 0.3) is 0 Å². The molecule has 0 heterocycles. The zero-order valence-electron chi connectivity index (χ0n) is 11.6. The van der Waals surface area contributed by atoms with Crippen LogP contribution in [0.5, 0.6) is 0 Å². The minimum atomic E-state index is -1.04. The van der Waals surface area contributed by atoms with E-state index in [0.717, 1.165) is 24.7 Å². The predicted octanol–water partition coefficient (Wildman–Crippen LogP) is 3.41. The van der Waals surface area contributed by atoms with Crippen LogP contribution in [0.3, 0.4) is 0 Å². The third-order valence-corrected chi connectivity index (χ3v) is 2.85. The smallest absolute Gasteiger partial charge is 0.328 e. The van der Waals surface area contributed by atoms with Gasteiger partial charge in [-0.3, -0.25) is 0 Å². The van der Waals surface area contributed by atoms with Crippen molar-refractivity contribution >= 4 is 17.7 Å². The van der Waals surface area contributed by atoms with Crippen molar-refractivity contribution < 1.29 is 14.3 Å². The molecule has 1 rings (SSSR count). The van der Waals surface area contributed by atoms with Crippen molar-refractivity contribution in [1.82, 2.24) is 0 Å². The monoisotopic (exact) mass is 265 g/mol. The van der Waals surface area contributed by atoms with Crippen LogP contribution in [0, 0.1) is 11.7 Å². The first kappa shape index (κ1) is 15.2. The SMILES string of the molecule is CC(C)CCN(C)c1ccc(F)cc1C=CC(=O)O. The molecule has 1 N–H and O–H groups in total. The molecular weight excluding hydrogens is 245 g/mol. The molecule has 0 saturated carbocycles. The lowest BCUT2D eigenvalue weighted by Crippen LogP contribution is -2.20. The van der Waals surface area contributed by atoms with Crippen molar-refractivity contribution in [3.8, 4) is 0 Å². The van der Waals surface area contributed by atoms with Gasteiger partial charge in [0.15, 0.2) is 0 Å². The highest BCUT2D eigenvalue weighted by molar-refractivity contribution is 5.87. The van der Waals surface area contributed by atoms with E-state index in [1.807, 2.05) is 11.9 Å². The van der Waals surface area contributed by atoms with Crippen molar-refractivity contribution in [3.05, 3.63) is 35.7 Å². The number of carboxylic acids is 1. The molecule has 1 aromatic carbocycles. The van der Waals surface area contributed by atoms with Gasteiger partial charge in [-0.25, -0.2) is 9.18 Å². The minimum Gasteiger partial charge on any atom is -0.478 e. The third kappa shape index (κ3) is 5.12. The number of hydrogen-bond acceptors (Lipinski definition) is 2. The number of rotatable bonds is 6. The number of benzene rings is 1. The second-order valence-electron chi connectivity index (χ2n) is 4.98. The molecule has 0 aliphatic heterocycles. The predicted molar refractivity (Wildman–Crippen MR) is 75.8 cm³/mol. The van der Waals surface area contributed by atoms with Crippen LogP contribution >= 0.6 is 0 Å². The van der Waals surface area contributed by atoms with Gasteiger partial charge in [-0.15, -0.1) is 0 Å². The number of aliphatic carboxylic acids is 1. The quantitative estimate of drug-likeness (QED) is 0.801. The molecule has 1 aromatic rings. The highest BCUT2D eigenvalue weighted by atomic mass is 19.1. The normalized spacial score (nSPS) is 11.2. The highest BCUT2D eigenvalue weighted by Gasteiger charge is 2.08. The number of carbonyl (C=O) groups is 1. The summed E-state index contributed by atoms with van der Waals surface area (Å²) in [5.41, 5.74) is 1.41. The number of halogens is 1. The molecule has 4 heteroatoms. The highest BCUT2D eigenvalue weighted by Crippen LogP contribution is 2.23. The van der Waals surface area contributed by atoms with Crippen LogP contribution in [0.1, 0.15) is 25.8 Å². The molecule has 0 unspecified atom stereocenters. The van der Waals surface area contributed by atoms with Gasteiger partial charge in [0.1, 0.15) is 5.82 Å². The molecule has 0 spiro atoms. The van der Waals surface area contributed by atoms with E-state index >= 15 is 0 Å². The Morgan fingerprint density at radius 3 is 2.74 bits per heavy atom. The molecule has 0 aromatic heterocycles. The lowest BCUT2D eigenvalue weighted by atomic mass is 10.1. The maximum atomic E-state index is 13.2. The summed E-state index contributed by atoms with van der Waals surface area (Å²) in [6.07, 6.45) is 3.47. The van der Waals surface area contributed by atoms with Gasteiger partial charge in [0, 0.05) is 30.9 Å². The number of carboxylic acid groups (broad SMARTS) is 1. The Morgan fingerprint density at radius 1 is 1.47 bits per heavy atom. The number of anilines is 1. The maximum absolute atomic E-state index is 13.2. The van der Waals surface area contributed by atoms with Crippen LogP contribution in [0.15, 0.2) is 24.3 Å². The van der Waals surface area contributed by atoms with Crippen LogP contribution in [0.4, 0.5) is 10.1 Å². The molecule has 0 atom stereocenters. The summed E-state index contributed by atoms with van der Waals surface area (Å²) in [5, 5.41) is 8.66. The van der Waals surface area contributed by atoms with E-state index in [0.29, 0.717) is 11.5 Å². The summed E-state index contributed by atoms with van der Waals surface area (Å²) in [4.78, 5) is 12.6. The van der Waals surface area contributed by atoms with Crippen LogP contribution in [-0.2, 0) is 4.79 Å². The van der Waals surface area contributed by atoms with Crippen LogP contribution in [0.25, 0.3) is 6.08 Å². The lowest BCUT2D eigenvalue weighted by molar-refractivity contribution is -0.131. The zero-order chi connectivity index (χ0) is 14.4. The first-order valence-corrected chi connectivity index (χ1v) is 6.32. The van der Waals surface area contributed by atoms with Crippen LogP contribution in [0.2, 0.25) is 0 Å². The summed E-state index contributed by atoms with van der Waals surface area (Å²) < 4.78 is 13.2. The number of nitrogens with zero attached hydrogens (tertiary/aromatic N) is 1. The van der Waals surface area contributed by atoms with Gasteiger partial charge in [-0.1, -0.05) is 13.8 Å². The summed E-state index contributed by atoms with van der Waals surface area (Å²) in [6.45, 7) is 5.13. The third-order valence-electron chi connectivity index (χ3n) is 2.85. The first-order valence-electron chi connectivity index (χ1n) is 6.32. The van der Waals surface area contributed by atoms with Crippen LogP contribution in [-0.4, -0.2) is 24.7 Å². The fourth-order valence-corrected chi connectivity index (χ4v) is 1.74. The Kier molecular flexibility index (Phi) is 5.55. The van der Waals surface area contributed by atoms with Crippen molar-refractivity contribution in [2.24, 2.45) is 5.92 Å². The molecule has 0 bridgehead atoms. The van der Waals surface area contributed by atoms with Crippen molar-refractivity contribution in [3.63, 3.8) is 0 Å². The van der Waals surface area contributed by atoms with Gasteiger partial charge >= 0.3 is 5.97 Å².